The molecule has 0 saturated carbocycles. The highest BCUT2D eigenvalue weighted by atomic mass is 35.5. The quantitative estimate of drug-likeness (QED) is 0.718. The summed E-state index contributed by atoms with van der Waals surface area (Å²) >= 11 is 6.44. The molecule has 1 aromatic carbocycles. The van der Waals surface area contributed by atoms with Gasteiger partial charge >= 0.3 is 0 Å². The Labute approximate surface area is 129 Å². The highest BCUT2D eigenvalue weighted by molar-refractivity contribution is 6.33. The SMILES string of the molecule is CCC[C@@H]1C[C@@](C)(CC(C)(C)C)c2cccc(Cl)c2N1. The molecule has 0 amide bonds. The molecule has 2 atom stereocenters. The lowest BCUT2D eigenvalue weighted by atomic mass is 9.65. The molecule has 0 saturated heterocycles. The first-order valence-electron chi connectivity index (χ1n) is 7.81. The van der Waals surface area contributed by atoms with E-state index in [1.165, 1.54) is 36.9 Å². The Morgan fingerprint density at radius 2 is 2.05 bits per heavy atom. The van der Waals surface area contributed by atoms with Crippen LogP contribution in [-0.2, 0) is 5.41 Å². The van der Waals surface area contributed by atoms with E-state index in [-0.39, 0.29) is 5.41 Å². The average Bonchev–Trinajstić information content (AvgIpc) is 2.28. The predicted molar refractivity (Wildman–Crippen MR) is 89.8 cm³/mol. The Balaban J connectivity index is 2.43. The van der Waals surface area contributed by atoms with Crippen LogP contribution in [0.4, 0.5) is 5.69 Å². The van der Waals surface area contributed by atoms with Crippen molar-refractivity contribution in [3.63, 3.8) is 0 Å². The van der Waals surface area contributed by atoms with Crippen LogP contribution in [0, 0.1) is 5.41 Å². The average molecular weight is 294 g/mol. The van der Waals surface area contributed by atoms with Crippen molar-refractivity contribution < 1.29 is 0 Å². The van der Waals surface area contributed by atoms with Gasteiger partial charge in [-0.25, -0.2) is 0 Å². The van der Waals surface area contributed by atoms with Gasteiger partial charge in [-0.05, 0) is 41.7 Å². The fraction of sp³-hybridized carbons (Fsp3) is 0.667. The summed E-state index contributed by atoms with van der Waals surface area (Å²) < 4.78 is 0. The Kier molecular flexibility index (Phi) is 4.39. The Bertz CT molecular complexity index is 475. The normalized spacial score (nSPS) is 26.0. The van der Waals surface area contributed by atoms with Crippen molar-refractivity contribution >= 4 is 17.3 Å². The van der Waals surface area contributed by atoms with Gasteiger partial charge < -0.3 is 5.32 Å². The lowest BCUT2D eigenvalue weighted by Gasteiger charge is -2.44. The zero-order chi connectivity index (χ0) is 15.0. The van der Waals surface area contributed by atoms with E-state index in [2.05, 4.69) is 52.1 Å². The molecule has 0 spiro atoms. The van der Waals surface area contributed by atoms with Crippen molar-refractivity contribution in [1.29, 1.82) is 0 Å². The van der Waals surface area contributed by atoms with E-state index in [9.17, 15) is 0 Å². The summed E-state index contributed by atoms with van der Waals surface area (Å²) in [4.78, 5) is 0. The second-order valence-electron chi connectivity index (χ2n) is 7.79. The number of benzene rings is 1. The minimum Gasteiger partial charge on any atom is -0.381 e. The molecule has 0 fully saturated rings. The fourth-order valence-electron chi connectivity index (χ4n) is 3.94. The third kappa shape index (κ3) is 3.31. The molecule has 1 aliphatic heterocycles. The summed E-state index contributed by atoms with van der Waals surface area (Å²) in [7, 11) is 0. The first-order valence-corrected chi connectivity index (χ1v) is 8.18. The monoisotopic (exact) mass is 293 g/mol. The summed E-state index contributed by atoms with van der Waals surface area (Å²) in [5.74, 6) is 0. The van der Waals surface area contributed by atoms with Crippen LogP contribution < -0.4 is 5.32 Å². The van der Waals surface area contributed by atoms with Crippen molar-refractivity contribution in [3.8, 4) is 0 Å². The summed E-state index contributed by atoms with van der Waals surface area (Å²) in [5, 5.41) is 4.54. The van der Waals surface area contributed by atoms with Crippen molar-refractivity contribution in [2.24, 2.45) is 5.41 Å². The number of para-hydroxylation sites is 1. The van der Waals surface area contributed by atoms with Crippen LogP contribution in [0.1, 0.15) is 65.9 Å². The van der Waals surface area contributed by atoms with E-state index >= 15 is 0 Å². The van der Waals surface area contributed by atoms with Crippen LogP contribution >= 0.6 is 11.6 Å². The standard InChI is InChI=1S/C18H28ClN/c1-6-8-13-11-18(5,12-17(2,3)4)14-9-7-10-15(19)16(14)20-13/h7,9-10,13,20H,6,8,11-12H2,1-5H3/t13-,18+/m1/s1. The van der Waals surface area contributed by atoms with Crippen molar-refractivity contribution in [1.82, 2.24) is 0 Å². The Morgan fingerprint density at radius 1 is 1.35 bits per heavy atom. The molecule has 112 valence electrons. The van der Waals surface area contributed by atoms with Crippen LogP contribution in [0.3, 0.4) is 0 Å². The van der Waals surface area contributed by atoms with E-state index < -0.39 is 0 Å². The number of nitrogens with one attached hydrogen (secondary N) is 1. The number of halogens is 1. The van der Waals surface area contributed by atoms with Gasteiger partial charge in [0.1, 0.15) is 0 Å². The highest BCUT2D eigenvalue weighted by Crippen LogP contribution is 2.48. The maximum absolute atomic E-state index is 6.44. The lowest BCUT2D eigenvalue weighted by molar-refractivity contribution is 0.239. The van der Waals surface area contributed by atoms with Crippen LogP contribution in [0.25, 0.3) is 0 Å². The number of rotatable bonds is 3. The van der Waals surface area contributed by atoms with Crippen LogP contribution in [0.2, 0.25) is 5.02 Å². The van der Waals surface area contributed by atoms with Crippen molar-refractivity contribution in [2.75, 3.05) is 5.32 Å². The van der Waals surface area contributed by atoms with E-state index in [1.54, 1.807) is 0 Å². The number of fused-ring (bicyclic) bond motifs is 1. The van der Waals surface area contributed by atoms with E-state index in [1.807, 2.05) is 6.07 Å². The molecule has 0 bridgehead atoms. The van der Waals surface area contributed by atoms with Gasteiger partial charge in [-0.1, -0.05) is 64.8 Å². The zero-order valence-electron chi connectivity index (χ0n) is 13.5. The lowest BCUT2D eigenvalue weighted by Crippen LogP contribution is -2.40. The minimum absolute atomic E-state index is 0.212. The van der Waals surface area contributed by atoms with Gasteiger partial charge in [0, 0.05) is 6.04 Å². The van der Waals surface area contributed by atoms with Crippen LogP contribution in [0.15, 0.2) is 18.2 Å². The molecule has 1 nitrogen and oxygen atoms in total. The molecule has 0 unspecified atom stereocenters. The second kappa shape index (κ2) is 5.60. The molecule has 1 heterocycles. The largest absolute Gasteiger partial charge is 0.381 e. The van der Waals surface area contributed by atoms with E-state index in [4.69, 9.17) is 11.6 Å². The number of hydrogen-bond acceptors (Lipinski definition) is 1. The third-order valence-electron chi connectivity index (χ3n) is 4.27. The predicted octanol–water partition coefficient (Wildman–Crippen LogP) is 6.02. The molecule has 1 aromatic rings. The second-order valence-corrected chi connectivity index (χ2v) is 8.20. The summed E-state index contributed by atoms with van der Waals surface area (Å²) in [5.41, 5.74) is 3.10. The zero-order valence-corrected chi connectivity index (χ0v) is 14.3. The van der Waals surface area contributed by atoms with Gasteiger partial charge in [-0.3, -0.25) is 0 Å². The van der Waals surface area contributed by atoms with Crippen LogP contribution in [0.5, 0.6) is 0 Å². The van der Waals surface area contributed by atoms with Crippen LogP contribution in [-0.4, -0.2) is 6.04 Å². The summed E-state index contributed by atoms with van der Waals surface area (Å²) in [6.45, 7) is 11.7. The molecule has 2 heteroatoms. The maximum Gasteiger partial charge on any atom is 0.0640 e. The number of anilines is 1. The Morgan fingerprint density at radius 3 is 2.65 bits per heavy atom. The van der Waals surface area contributed by atoms with Gasteiger partial charge in [0.05, 0.1) is 10.7 Å². The molecule has 0 aromatic heterocycles. The van der Waals surface area contributed by atoms with Gasteiger partial charge in [0.2, 0.25) is 0 Å². The third-order valence-corrected chi connectivity index (χ3v) is 4.58. The molecule has 20 heavy (non-hydrogen) atoms. The van der Waals surface area contributed by atoms with E-state index in [0.29, 0.717) is 11.5 Å². The fourth-order valence-corrected chi connectivity index (χ4v) is 4.17. The smallest absolute Gasteiger partial charge is 0.0640 e. The molecule has 1 aliphatic rings. The number of hydrogen-bond donors (Lipinski definition) is 1. The summed E-state index contributed by atoms with van der Waals surface area (Å²) in [6.07, 6.45) is 4.81. The molecular formula is C18H28ClN. The Hall–Kier alpha value is -0.690. The molecule has 2 rings (SSSR count). The summed E-state index contributed by atoms with van der Waals surface area (Å²) in [6, 6.07) is 6.88. The van der Waals surface area contributed by atoms with Gasteiger partial charge in [-0.2, -0.15) is 0 Å². The highest BCUT2D eigenvalue weighted by Gasteiger charge is 2.39. The van der Waals surface area contributed by atoms with Gasteiger partial charge in [0.15, 0.2) is 0 Å². The molecular weight excluding hydrogens is 266 g/mol. The minimum atomic E-state index is 0.212. The van der Waals surface area contributed by atoms with Gasteiger partial charge in [-0.15, -0.1) is 0 Å². The molecule has 0 radical (unpaired) electrons. The van der Waals surface area contributed by atoms with Crippen molar-refractivity contribution in [3.05, 3.63) is 28.8 Å². The first kappa shape index (κ1) is 15.7. The first-order chi connectivity index (χ1) is 9.25. The molecule has 1 N–H and O–H groups in total. The molecule has 0 aliphatic carbocycles. The van der Waals surface area contributed by atoms with Crippen molar-refractivity contribution in [2.45, 2.75) is 71.8 Å². The topological polar surface area (TPSA) is 12.0 Å². The van der Waals surface area contributed by atoms with E-state index in [0.717, 1.165) is 5.02 Å². The van der Waals surface area contributed by atoms with Gasteiger partial charge in [0.25, 0.3) is 0 Å². The maximum atomic E-state index is 6.44.